The summed E-state index contributed by atoms with van der Waals surface area (Å²) in [5, 5.41) is 9.32. The molecule has 7 nitrogen and oxygen atoms in total. The first-order chi connectivity index (χ1) is 11.5. The maximum atomic E-state index is 12.7. The van der Waals surface area contributed by atoms with Gasteiger partial charge in [-0.3, -0.25) is 14.5 Å². The summed E-state index contributed by atoms with van der Waals surface area (Å²) >= 11 is 0. The topological polar surface area (TPSA) is 87.2 Å². The van der Waals surface area contributed by atoms with Gasteiger partial charge in [0.25, 0.3) is 5.91 Å². The van der Waals surface area contributed by atoms with Crippen molar-refractivity contribution in [3.8, 4) is 5.75 Å². The first-order valence-corrected chi connectivity index (χ1v) is 8.08. The van der Waals surface area contributed by atoms with Crippen molar-refractivity contribution in [1.29, 1.82) is 0 Å². The molecule has 0 saturated carbocycles. The van der Waals surface area contributed by atoms with Gasteiger partial charge in [-0.1, -0.05) is 12.1 Å². The number of hydrogen-bond donors (Lipinski definition) is 1. The number of carboxylic acid groups (broad SMARTS) is 1. The second kappa shape index (κ2) is 6.51. The Morgan fingerprint density at radius 3 is 2.79 bits per heavy atom. The highest BCUT2D eigenvalue weighted by atomic mass is 16.5. The summed E-state index contributed by atoms with van der Waals surface area (Å²) in [6.07, 6.45) is 1.34. The van der Waals surface area contributed by atoms with Gasteiger partial charge in [0.2, 0.25) is 5.91 Å². The number of rotatable bonds is 3. The third-order valence-corrected chi connectivity index (χ3v) is 4.48. The van der Waals surface area contributed by atoms with Gasteiger partial charge in [-0.25, -0.2) is 4.79 Å². The summed E-state index contributed by atoms with van der Waals surface area (Å²) in [4.78, 5) is 39.3. The van der Waals surface area contributed by atoms with Crippen LogP contribution in [0.15, 0.2) is 24.3 Å². The van der Waals surface area contributed by atoms with Crippen LogP contribution in [-0.4, -0.2) is 53.0 Å². The van der Waals surface area contributed by atoms with Crippen LogP contribution >= 0.6 is 0 Å². The van der Waals surface area contributed by atoms with Crippen LogP contribution in [0, 0.1) is 0 Å². The molecule has 0 spiro atoms. The number of hydrogen-bond acceptors (Lipinski definition) is 4. The molecule has 1 saturated heterocycles. The number of para-hydroxylation sites is 2. The number of likely N-dealkylation sites (tertiary alicyclic amines) is 1. The predicted molar refractivity (Wildman–Crippen MR) is 85.9 cm³/mol. The molecule has 0 aromatic heterocycles. The Hall–Kier alpha value is -2.57. The van der Waals surface area contributed by atoms with E-state index in [0.717, 1.165) is 12.8 Å². The molecule has 128 valence electrons. The molecule has 1 aromatic rings. The van der Waals surface area contributed by atoms with Crippen LogP contribution < -0.4 is 9.64 Å². The quantitative estimate of drug-likeness (QED) is 0.900. The van der Waals surface area contributed by atoms with E-state index in [1.807, 2.05) is 0 Å². The number of anilines is 1. The molecule has 2 heterocycles. The fourth-order valence-corrected chi connectivity index (χ4v) is 3.23. The largest absolute Gasteiger partial charge is 0.480 e. The van der Waals surface area contributed by atoms with Crippen molar-refractivity contribution in [2.24, 2.45) is 0 Å². The van der Waals surface area contributed by atoms with Gasteiger partial charge in [0.1, 0.15) is 18.3 Å². The van der Waals surface area contributed by atoms with E-state index in [1.165, 1.54) is 9.80 Å². The fourth-order valence-electron chi connectivity index (χ4n) is 3.23. The first-order valence-electron chi connectivity index (χ1n) is 8.08. The van der Waals surface area contributed by atoms with E-state index in [9.17, 15) is 19.5 Å². The van der Waals surface area contributed by atoms with Crippen LogP contribution in [0.5, 0.6) is 5.75 Å². The lowest BCUT2D eigenvalue weighted by atomic mass is 10.0. The number of aliphatic carboxylic acids is 1. The summed E-state index contributed by atoms with van der Waals surface area (Å²) in [5.74, 6) is -1.10. The average Bonchev–Trinajstić information content (AvgIpc) is 2.58. The van der Waals surface area contributed by atoms with Gasteiger partial charge in [0.05, 0.1) is 5.69 Å². The monoisotopic (exact) mass is 332 g/mol. The van der Waals surface area contributed by atoms with Crippen molar-refractivity contribution >= 4 is 23.5 Å². The molecule has 1 aromatic carbocycles. The Morgan fingerprint density at radius 2 is 2.04 bits per heavy atom. The van der Waals surface area contributed by atoms with Gasteiger partial charge in [0.15, 0.2) is 6.10 Å². The number of piperidine rings is 1. The second-order valence-electron chi connectivity index (χ2n) is 6.09. The number of amides is 2. The smallest absolute Gasteiger partial charge is 0.326 e. The Balaban J connectivity index is 1.83. The number of nitrogens with zero attached hydrogens (tertiary/aromatic N) is 2. The van der Waals surface area contributed by atoms with Gasteiger partial charge in [-0.05, 0) is 38.3 Å². The molecule has 2 aliphatic rings. The summed E-state index contributed by atoms with van der Waals surface area (Å²) in [7, 11) is 0. The number of fused-ring (bicyclic) bond motifs is 1. The summed E-state index contributed by atoms with van der Waals surface area (Å²) in [5.41, 5.74) is 0.540. The number of benzene rings is 1. The molecule has 2 amide bonds. The number of ether oxygens (including phenoxy) is 1. The Bertz CT molecular complexity index is 675. The van der Waals surface area contributed by atoms with E-state index in [2.05, 4.69) is 0 Å². The number of carboxylic acids is 1. The van der Waals surface area contributed by atoms with E-state index in [1.54, 1.807) is 31.2 Å². The zero-order chi connectivity index (χ0) is 17.3. The fraction of sp³-hybridized carbons (Fsp3) is 0.471. The van der Waals surface area contributed by atoms with Crippen LogP contribution in [-0.2, 0) is 14.4 Å². The molecule has 0 radical (unpaired) electrons. The lowest BCUT2D eigenvalue weighted by molar-refractivity contribution is -0.151. The molecule has 2 atom stereocenters. The minimum absolute atomic E-state index is 0.173. The van der Waals surface area contributed by atoms with E-state index < -0.39 is 18.1 Å². The molecule has 7 heteroatoms. The van der Waals surface area contributed by atoms with Crippen molar-refractivity contribution in [1.82, 2.24) is 4.90 Å². The lowest BCUT2D eigenvalue weighted by Gasteiger charge is -2.37. The van der Waals surface area contributed by atoms with Crippen molar-refractivity contribution in [3.05, 3.63) is 24.3 Å². The van der Waals surface area contributed by atoms with Crippen LogP contribution in [0.3, 0.4) is 0 Å². The highest BCUT2D eigenvalue weighted by Gasteiger charge is 2.37. The summed E-state index contributed by atoms with van der Waals surface area (Å²) in [6, 6.07) is 6.22. The second-order valence-corrected chi connectivity index (χ2v) is 6.09. The third-order valence-electron chi connectivity index (χ3n) is 4.48. The Labute approximate surface area is 139 Å². The highest BCUT2D eigenvalue weighted by molar-refractivity contribution is 6.04. The highest BCUT2D eigenvalue weighted by Crippen LogP contribution is 2.33. The minimum atomic E-state index is -0.995. The molecule has 2 aliphatic heterocycles. The molecule has 0 aliphatic carbocycles. The van der Waals surface area contributed by atoms with E-state index in [0.29, 0.717) is 24.4 Å². The molecule has 1 fully saturated rings. The third kappa shape index (κ3) is 2.93. The van der Waals surface area contributed by atoms with E-state index in [-0.39, 0.29) is 18.4 Å². The van der Waals surface area contributed by atoms with Crippen molar-refractivity contribution in [3.63, 3.8) is 0 Å². The Morgan fingerprint density at radius 1 is 1.29 bits per heavy atom. The SMILES string of the molecule is CC1Oc2ccccc2N(CC(=O)N2CCCC[C@@H]2C(=O)O)C1=O. The van der Waals surface area contributed by atoms with Gasteiger partial charge in [-0.2, -0.15) is 0 Å². The summed E-state index contributed by atoms with van der Waals surface area (Å²) < 4.78 is 5.55. The van der Waals surface area contributed by atoms with Crippen LogP contribution in [0.2, 0.25) is 0 Å². The molecule has 1 unspecified atom stereocenters. The standard InChI is InChI=1S/C17H20N2O5/c1-11-16(21)19(12-6-2-3-8-14(12)24-11)10-15(20)18-9-5-4-7-13(18)17(22)23/h2-3,6,8,11,13H,4-5,7,9-10H2,1H3,(H,22,23)/t11?,13-/m1/s1. The number of carbonyl (C=O) groups is 3. The van der Waals surface area contributed by atoms with E-state index in [4.69, 9.17) is 4.74 Å². The van der Waals surface area contributed by atoms with E-state index >= 15 is 0 Å². The Kier molecular flexibility index (Phi) is 4.42. The molecule has 24 heavy (non-hydrogen) atoms. The zero-order valence-corrected chi connectivity index (χ0v) is 13.5. The van der Waals surface area contributed by atoms with Crippen molar-refractivity contribution in [2.75, 3.05) is 18.0 Å². The predicted octanol–water partition coefficient (Wildman–Crippen LogP) is 1.27. The van der Waals surface area contributed by atoms with Crippen LogP contribution in [0.25, 0.3) is 0 Å². The minimum Gasteiger partial charge on any atom is -0.480 e. The number of carbonyl (C=O) groups excluding carboxylic acids is 2. The first kappa shape index (κ1) is 16.3. The van der Waals surface area contributed by atoms with Crippen LogP contribution in [0.4, 0.5) is 5.69 Å². The maximum Gasteiger partial charge on any atom is 0.326 e. The zero-order valence-electron chi connectivity index (χ0n) is 13.5. The summed E-state index contributed by atoms with van der Waals surface area (Å²) in [6.45, 7) is 1.87. The normalized spacial score (nSPS) is 23.5. The van der Waals surface area contributed by atoms with Crippen molar-refractivity contribution < 1.29 is 24.2 Å². The molecule has 0 bridgehead atoms. The van der Waals surface area contributed by atoms with Crippen LogP contribution in [0.1, 0.15) is 26.2 Å². The van der Waals surface area contributed by atoms with Gasteiger partial charge < -0.3 is 14.7 Å². The van der Waals surface area contributed by atoms with Gasteiger partial charge in [0, 0.05) is 6.54 Å². The molecule has 3 rings (SSSR count). The average molecular weight is 332 g/mol. The van der Waals surface area contributed by atoms with Crippen molar-refractivity contribution in [2.45, 2.75) is 38.3 Å². The molecule has 1 N–H and O–H groups in total. The lowest BCUT2D eigenvalue weighted by Crippen LogP contribution is -2.54. The maximum absolute atomic E-state index is 12.7. The molecular formula is C17H20N2O5. The molecular weight excluding hydrogens is 312 g/mol. The van der Waals surface area contributed by atoms with Gasteiger partial charge >= 0.3 is 5.97 Å². The van der Waals surface area contributed by atoms with Gasteiger partial charge in [-0.15, -0.1) is 0 Å².